The third-order valence-corrected chi connectivity index (χ3v) is 6.14. The van der Waals surface area contributed by atoms with Crippen molar-refractivity contribution in [3.63, 3.8) is 0 Å². The Morgan fingerprint density at radius 1 is 1.33 bits per heavy atom. The van der Waals surface area contributed by atoms with Gasteiger partial charge in [0, 0.05) is 37.7 Å². The topological polar surface area (TPSA) is 90.9 Å². The average molecular weight is 415 g/mol. The summed E-state index contributed by atoms with van der Waals surface area (Å²) in [5.41, 5.74) is 0.600. The number of sulfonamides is 1. The molecule has 7 nitrogen and oxygen atoms in total. The number of benzene rings is 1. The van der Waals surface area contributed by atoms with E-state index in [1.807, 2.05) is 4.90 Å². The van der Waals surface area contributed by atoms with Gasteiger partial charge in [-0.05, 0) is 37.9 Å². The number of carbonyl (C=O) groups excluding carboxylic acids is 1. The van der Waals surface area contributed by atoms with Crippen molar-refractivity contribution in [3.05, 3.63) is 29.8 Å². The number of amidine groups is 1. The molecular weight excluding hydrogens is 388 g/mol. The lowest BCUT2D eigenvalue weighted by Gasteiger charge is -2.28. The Kier molecular flexibility index (Phi) is 7.64. The summed E-state index contributed by atoms with van der Waals surface area (Å²) in [6, 6.07) is 7.09. The van der Waals surface area contributed by atoms with E-state index in [0.717, 1.165) is 32.5 Å². The van der Waals surface area contributed by atoms with Crippen LogP contribution in [0.25, 0.3) is 0 Å². The van der Waals surface area contributed by atoms with E-state index in [2.05, 4.69) is 22.0 Å². The highest BCUT2D eigenvalue weighted by Crippen LogP contribution is 2.22. The Morgan fingerprint density at radius 3 is 2.81 bits per heavy atom. The van der Waals surface area contributed by atoms with E-state index in [1.54, 1.807) is 24.3 Å². The van der Waals surface area contributed by atoms with Crippen LogP contribution >= 0.6 is 12.4 Å². The first-order valence-electron chi connectivity index (χ1n) is 9.20. The van der Waals surface area contributed by atoms with Gasteiger partial charge in [-0.15, -0.1) is 12.4 Å². The Labute approximate surface area is 167 Å². The number of halogens is 1. The maximum absolute atomic E-state index is 12.6. The molecule has 0 aromatic heterocycles. The van der Waals surface area contributed by atoms with Gasteiger partial charge in [0.15, 0.2) is 0 Å². The molecule has 0 radical (unpaired) electrons. The lowest BCUT2D eigenvalue weighted by atomic mass is 10.1. The van der Waals surface area contributed by atoms with Gasteiger partial charge in [-0.3, -0.25) is 14.5 Å². The smallest absolute Gasteiger partial charge is 0.263 e. The summed E-state index contributed by atoms with van der Waals surface area (Å²) in [7, 11) is -3.50. The molecule has 0 saturated carbocycles. The van der Waals surface area contributed by atoms with Crippen LogP contribution in [0.4, 0.5) is 0 Å². The summed E-state index contributed by atoms with van der Waals surface area (Å²) >= 11 is 0. The van der Waals surface area contributed by atoms with Gasteiger partial charge in [0.25, 0.3) is 10.0 Å². The van der Waals surface area contributed by atoms with E-state index < -0.39 is 10.0 Å². The van der Waals surface area contributed by atoms with Crippen LogP contribution in [0, 0.1) is 0 Å². The second-order valence-corrected chi connectivity index (χ2v) is 8.32. The first-order chi connectivity index (χ1) is 12.5. The lowest BCUT2D eigenvalue weighted by Crippen LogP contribution is -2.42. The Bertz CT molecular complexity index is 792. The third-order valence-electron chi connectivity index (χ3n) is 4.74. The molecule has 1 saturated heterocycles. The second kappa shape index (κ2) is 9.52. The zero-order valence-electron chi connectivity index (χ0n) is 15.5. The number of aliphatic imine (C=N–C) groups is 1. The van der Waals surface area contributed by atoms with Crippen molar-refractivity contribution in [3.8, 4) is 0 Å². The normalized spacial score (nSPS) is 21.4. The number of hydrogen-bond acceptors (Lipinski definition) is 5. The number of hydrogen-bond donors (Lipinski definition) is 2. The van der Waals surface area contributed by atoms with E-state index in [-0.39, 0.29) is 23.2 Å². The molecule has 1 unspecified atom stereocenters. The summed E-state index contributed by atoms with van der Waals surface area (Å²) in [6.07, 6.45) is 2.99. The van der Waals surface area contributed by atoms with Crippen LogP contribution in [0.1, 0.15) is 38.2 Å². The van der Waals surface area contributed by atoms with Crippen molar-refractivity contribution >= 4 is 34.2 Å². The minimum Gasteiger partial charge on any atom is -0.338 e. The van der Waals surface area contributed by atoms with Crippen molar-refractivity contribution in [2.75, 3.05) is 26.2 Å². The zero-order chi connectivity index (χ0) is 18.6. The summed E-state index contributed by atoms with van der Waals surface area (Å²) in [6.45, 7) is 5.12. The van der Waals surface area contributed by atoms with Gasteiger partial charge < -0.3 is 10.2 Å². The largest absolute Gasteiger partial charge is 0.338 e. The maximum atomic E-state index is 12.6. The van der Waals surface area contributed by atoms with Crippen LogP contribution in [0.15, 0.2) is 34.2 Å². The van der Waals surface area contributed by atoms with Gasteiger partial charge in [0.2, 0.25) is 5.91 Å². The standard InChI is InChI=1S/C18H26N4O3S.ClH/c1-2-12-22(14-9-11-19-13-14)17(23)8-5-10-20-18-15-6-3-4-7-16(15)26(24,25)21-18;/h3-4,6-7,14,19H,2,5,8-13H2,1H3,(H,20,21);1H. The van der Waals surface area contributed by atoms with Crippen molar-refractivity contribution in [2.45, 2.75) is 43.5 Å². The van der Waals surface area contributed by atoms with Gasteiger partial charge in [0.1, 0.15) is 5.84 Å². The molecule has 1 amide bonds. The van der Waals surface area contributed by atoms with Crippen molar-refractivity contribution in [2.24, 2.45) is 4.99 Å². The van der Waals surface area contributed by atoms with Crippen molar-refractivity contribution < 1.29 is 13.2 Å². The molecule has 0 aliphatic carbocycles. The van der Waals surface area contributed by atoms with Crippen LogP contribution in [-0.2, 0) is 14.8 Å². The van der Waals surface area contributed by atoms with Crippen LogP contribution < -0.4 is 10.0 Å². The molecule has 150 valence electrons. The average Bonchev–Trinajstić information content (AvgIpc) is 3.24. The van der Waals surface area contributed by atoms with Crippen LogP contribution in [-0.4, -0.2) is 57.3 Å². The van der Waals surface area contributed by atoms with Gasteiger partial charge >= 0.3 is 0 Å². The predicted octanol–water partition coefficient (Wildman–Crippen LogP) is 1.53. The summed E-state index contributed by atoms with van der Waals surface area (Å²) in [4.78, 5) is 19.2. The number of nitrogens with one attached hydrogen (secondary N) is 2. The molecule has 2 aliphatic rings. The van der Waals surface area contributed by atoms with Crippen LogP contribution in [0.5, 0.6) is 0 Å². The Hall–Kier alpha value is -1.64. The molecule has 9 heteroatoms. The Balaban J connectivity index is 0.00000261. The first kappa shape index (κ1) is 21.7. The highest BCUT2D eigenvalue weighted by Gasteiger charge is 2.30. The van der Waals surface area contributed by atoms with E-state index in [1.165, 1.54) is 0 Å². The molecule has 2 N–H and O–H groups in total. The highest BCUT2D eigenvalue weighted by molar-refractivity contribution is 7.90. The summed E-state index contributed by atoms with van der Waals surface area (Å²) in [5.74, 6) is 0.534. The van der Waals surface area contributed by atoms with Gasteiger partial charge in [-0.2, -0.15) is 0 Å². The first-order valence-corrected chi connectivity index (χ1v) is 10.7. The highest BCUT2D eigenvalue weighted by atomic mass is 35.5. The molecule has 0 spiro atoms. The van der Waals surface area contributed by atoms with Crippen molar-refractivity contribution in [1.82, 2.24) is 14.9 Å². The molecule has 3 rings (SSSR count). The number of nitrogens with zero attached hydrogens (tertiary/aromatic N) is 2. The number of fused-ring (bicyclic) bond motifs is 1. The molecule has 0 bridgehead atoms. The quantitative estimate of drug-likeness (QED) is 0.662. The summed E-state index contributed by atoms with van der Waals surface area (Å²) in [5, 5.41) is 3.31. The molecule has 1 fully saturated rings. The van der Waals surface area contributed by atoms with Crippen molar-refractivity contribution in [1.29, 1.82) is 0 Å². The molecule has 1 aromatic rings. The van der Waals surface area contributed by atoms with E-state index >= 15 is 0 Å². The number of carbonyl (C=O) groups is 1. The fourth-order valence-electron chi connectivity index (χ4n) is 3.47. The molecule has 27 heavy (non-hydrogen) atoms. The van der Waals surface area contributed by atoms with E-state index in [4.69, 9.17) is 0 Å². The SMILES string of the molecule is CCCN(C(=O)CCCN=C1NS(=O)(=O)c2ccccc21)C1CCNC1.Cl. The van der Waals surface area contributed by atoms with Gasteiger partial charge in [0.05, 0.1) is 4.90 Å². The number of rotatable bonds is 7. The molecular formula is C18H27ClN4O3S. The van der Waals surface area contributed by atoms with E-state index in [9.17, 15) is 13.2 Å². The minimum absolute atomic E-state index is 0. The van der Waals surface area contributed by atoms with E-state index in [0.29, 0.717) is 36.8 Å². The predicted molar refractivity (Wildman–Crippen MR) is 108 cm³/mol. The zero-order valence-corrected chi connectivity index (χ0v) is 17.1. The fraction of sp³-hybridized carbons (Fsp3) is 0.556. The van der Waals surface area contributed by atoms with Crippen LogP contribution in [0.2, 0.25) is 0 Å². The number of amides is 1. The van der Waals surface area contributed by atoms with Gasteiger partial charge in [-0.1, -0.05) is 19.1 Å². The molecule has 1 atom stereocenters. The monoisotopic (exact) mass is 414 g/mol. The van der Waals surface area contributed by atoms with Crippen LogP contribution in [0.3, 0.4) is 0 Å². The molecule has 2 heterocycles. The minimum atomic E-state index is -3.50. The molecule has 1 aromatic carbocycles. The van der Waals surface area contributed by atoms with Gasteiger partial charge in [-0.25, -0.2) is 8.42 Å². The third kappa shape index (κ3) is 5.00. The fourth-order valence-corrected chi connectivity index (χ4v) is 4.72. The second-order valence-electron chi connectivity index (χ2n) is 6.67. The Morgan fingerprint density at radius 2 is 2.11 bits per heavy atom. The molecule has 2 aliphatic heterocycles. The lowest BCUT2D eigenvalue weighted by molar-refractivity contribution is -0.133. The summed E-state index contributed by atoms with van der Waals surface area (Å²) < 4.78 is 26.6. The maximum Gasteiger partial charge on any atom is 0.263 e.